The first-order chi connectivity index (χ1) is 11.1. The van der Waals surface area contributed by atoms with E-state index in [9.17, 15) is 14.7 Å². The Hall–Kier alpha value is -1.57. The number of carboxylic acid groups (broad SMARTS) is 1. The van der Waals surface area contributed by atoms with Gasteiger partial charge in [0.2, 0.25) is 0 Å². The topological polar surface area (TPSA) is 73.3 Å². The van der Waals surface area contributed by atoms with Crippen molar-refractivity contribution >= 4 is 29.4 Å². The Labute approximate surface area is 147 Å². The van der Waals surface area contributed by atoms with E-state index >= 15 is 0 Å². The number of nitrogens with zero attached hydrogens (tertiary/aromatic N) is 3. The highest BCUT2D eigenvalue weighted by atomic mass is 32.1. The molecule has 2 aliphatic heterocycles. The highest BCUT2D eigenvalue weighted by Crippen LogP contribution is 2.47. The van der Waals surface area contributed by atoms with Crippen molar-refractivity contribution in [1.82, 2.24) is 14.7 Å². The summed E-state index contributed by atoms with van der Waals surface area (Å²) in [6, 6.07) is 0.114. The van der Waals surface area contributed by atoms with Gasteiger partial charge in [-0.05, 0) is 45.8 Å². The SMILES string of the molecule is CC(C)(C)OC(=O)N1CCN2C(=S)N(CC3(C(=O)O)CC3)CC2C1. The summed E-state index contributed by atoms with van der Waals surface area (Å²) < 4.78 is 5.45. The van der Waals surface area contributed by atoms with Crippen molar-refractivity contribution in [2.24, 2.45) is 5.41 Å². The summed E-state index contributed by atoms with van der Waals surface area (Å²) in [6.45, 7) is 8.51. The van der Waals surface area contributed by atoms with Crippen molar-refractivity contribution < 1.29 is 19.4 Å². The number of piperazine rings is 1. The fourth-order valence-corrected chi connectivity index (χ4v) is 3.74. The second-order valence-corrected chi connectivity index (χ2v) is 8.39. The predicted octanol–water partition coefficient (Wildman–Crippen LogP) is 1.37. The van der Waals surface area contributed by atoms with Crippen LogP contribution in [0.1, 0.15) is 33.6 Å². The molecule has 2 heterocycles. The van der Waals surface area contributed by atoms with E-state index in [0.717, 1.165) is 18.0 Å². The van der Waals surface area contributed by atoms with Crippen LogP contribution >= 0.6 is 12.2 Å². The minimum atomic E-state index is -0.731. The number of rotatable bonds is 3. The molecule has 0 aromatic rings. The van der Waals surface area contributed by atoms with Crippen molar-refractivity contribution in [3.63, 3.8) is 0 Å². The standard InChI is InChI=1S/C16H25N3O4S/c1-15(2,3)23-14(22)17-6-7-19-11(8-17)9-18(13(19)24)10-16(4-5-16)12(20)21/h11H,4-10H2,1-3H3,(H,20,21). The first-order valence-corrected chi connectivity index (χ1v) is 8.79. The summed E-state index contributed by atoms with van der Waals surface area (Å²) in [6.07, 6.45) is 1.14. The molecule has 1 N–H and O–H groups in total. The zero-order valence-electron chi connectivity index (χ0n) is 14.4. The van der Waals surface area contributed by atoms with Gasteiger partial charge >= 0.3 is 12.1 Å². The van der Waals surface area contributed by atoms with E-state index in [1.54, 1.807) is 4.90 Å². The van der Waals surface area contributed by atoms with Crippen LogP contribution < -0.4 is 0 Å². The first kappa shape index (κ1) is 17.3. The van der Waals surface area contributed by atoms with Crippen molar-refractivity contribution in [3.8, 4) is 0 Å². The summed E-state index contributed by atoms with van der Waals surface area (Å²) >= 11 is 5.54. The van der Waals surface area contributed by atoms with E-state index in [-0.39, 0.29) is 12.1 Å². The van der Waals surface area contributed by atoms with E-state index in [0.29, 0.717) is 32.7 Å². The smallest absolute Gasteiger partial charge is 0.410 e. The maximum Gasteiger partial charge on any atom is 0.410 e. The zero-order chi connectivity index (χ0) is 17.7. The largest absolute Gasteiger partial charge is 0.481 e. The van der Waals surface area contributed by atoms with Crippen LogP contribution in [0.15, 0.2) is 0 Å². The fraction of sp³-hybridized carbons (Fsp3) is 0.812. The summed E-state index contributed by atoms with van der Waals surface area (Å²) in [4.78, 5) is 29.5. The van der Waals surface area contributed by atoms with Crippen molar-refractivity contribution in [2.75, 3.05) is 32.7 Å². The van der Waals surface area contributed by atoms with Crippen molar-refractivity contribution in [1.29, 1.82) is 0 Å². The van der Waals surface area contributed by atoms with Crippen LogP contribution in [0.3, 0.4) is 0 Å². The van der Waals surface area contributed by atoms with Crippen LogP contribution in [0, 0.1) is 5.41 Å². The molecule has 3 fully saturated rings. The molecule has 24 heavy (non-hydrogen) atoms. The lowest BCUT2D eigenvalue weighted by molar-refractivity contribution is -0.143. The lowest BCUT2D eigenvalue weighted by Crippen LogP contribution is -2.54. The zero-order valence-corrected chi connectivity index (χ0v) is 15.3. The Morgan fingerprint density at radius 3 is 2.50 bits per heavy atom. The molecule has 1 unspecified atom stereocenters. The second-order valence-electron chi connectivity index (χ2n) is 8.02. The fourth-order valence-electron chi connectivity index (χ4n) is 3.36. The molecule has 1 atom stereocenters. The van der Waals surface area contributed by atoms with E-state index in [1.807, 2.05) is 25.7 Å². The molecular formula is C16H25N3O4S. The molecule has 134 valence electrons. The second kappa shape index (κ2) is 5.75. The van der Waals surface area contributed by atoms with Gasteiger partial charge in [0.15, 0.2) is 5.11 Å². The third kappa shape index (κ3) is 3.29. The molecule has 3 aliphatic rings. The first-order valence-electron chi connectivity index (χ1n) is 8.38. The van der Waals surface area contributed by atoms with Gasteiger partial charge in [-0.3, -0.25) is 4.79 Å². The number of hydrogen-bond donors (Lipinski definition) is 1. The van der Waals surface area contributed by atoms with Crippen LogP contribution in [0.2, 0.25) is 0 Å². The molecule has 8 heteroatoms. The summed E-state index contributed by atoms with van der Waals surface area (Å²) in [5, 5.41) is 10.1. The van der Waals surface area contributed by atoms with Gasteiger partial charge in [-0.25, -0.2) is 4.79 Å². The van der Waals surface area contributed by atoms with E-state index in [4.69, 9.17) is 17.0 Å². The van der Waals surface area contributed by atoms with E-state index < -0.39 is 17.0 Å². The van der Waals surface area contributed by atoms with Crippen LogP contribution in [0.5, 0.6) is 0 Å². The van der Waals surface area contributed by atoms with E-state index in [1.165, 1.54) is 0 Å². The normalized spacial score (nSPS) is 25.5. The number of aliphatic carboxylic acids is 1. The quantitative estimate of drug-likeness (QED) is 0.767. The van der Waals surface area contributed by atoms with Crippen LogP contribution in [-0.2, 0) is 9.53 Å². The number of hydrogen-bond acceptors (Lipinski definition) is 4. The molecule has 0 radical (unpaired) electrons. The molecule has 3 rings (SSSR count). The van der Waals surface area contributed by atoms with Crippen LogP contribution in [0.25, 0.3) is 0 Å². The number of amides is 1. The molecule has 0 aromatic heterocycles. The average molecular weight is 355 g/mol. The van der Waals surface area contributed by atoms with Gasteiger partial charge in [0, 0.05) is 32.7 Å². The van der Waals surface area contributed by atoms with Crippen molar-refractivity contribution in [3.05, 3.63) is 0 Å². The Bertz CT molecular complexity index is 570. The van der Waals surface area contributed by atoms with Gasteiger partial charge in [-0.15, -0.1) is 0 Å². The molecule has 1 amide bonds. The average Bonchev–Trinajstić information content (AvgIpc) is 3.18. The molecule has 0 spiro atoms. The van der Waals surface area contributed by atoms with Gasteiger partial charge in [0.25, 0.3) is 0 Å². The van der Waals surface area contributed by atoms with Gasteiger partial charge in [-0.1, -0.05) is 0 Å². The minimum Gasteiger partial charge on any atom is -0.481 e. The van der Waals surface area contributed by atoms with Gasteiger partial charge in [-0.2, -0.15) is 0 Å². The number of carboxylic acids is 1. The highest BCUT2D eigenvalue weighted by molar-refractivity contribution is 7.80. The van der Waals surface area contributed by atoms with Gasteiger partial charge in [0.05, 0.1) is 11.5 Å². The maximum absolute atomic E-state index is 12.3. The van der Waals surface area contributed by atoms with Crippen LogP contribution in [0.4, 0.5) is 4.79 Å². The summed E-state index contributed by atoms with van der Waals surface area (Å²) in [5.74, 6) is -0.731. The third-order valence-electron chi connectivity index (χ3n) is 4.88. The Kier molecular flexibility index (Phi) is 4.14. The predicted molar refractivity (Wildman–Crippen MR) is 91.8 cm³/mol. The molecule has 1 saturated carbocycles. The summed E-state index contributed by atoms with van der Waals surface area (Å²) in [5.41, 5.74) is -1.13. The van der Waals surface area contributed by atoms with E-state index in [2.05, 4.69) is 4.90 Å². The third-order valence-corrected chi connectivity index (χ3v) is 5.38. The van der Waals surface area contributed by atoms with Crippen LogP contribution in [-0.4, -0.2) is 81.3 Å². The number of carbonyl (C=O) groups excluding carboxylic acids is 1. The lowest BCUT2D eigenvalue weighted by atomic mass is 10.1. The Morgan fingerprint density at radius 1 is 1.29 bits per heavy atom. The maximum atomic E-state index is 12.3. The summed E-state index contributed by atoms with van der Waals surface area (Å²) in [7, 11) is 0. The molecule has 2 saturated heterocycles. The number of fused-ring (bicyclic) bond motifs is 1. The molecule has 0 aromatic carbocycles. The molecule has 0 bridgehead atoms. The number of thiocarbonyl (C=S) groups is 1. The monoisotopic (exact) mass is 355 g/mol. The van der Waals surface area contributed by atoms with Gasteiger partial charge < -0.3 is 24.5 Å². The minimum absolute atomic E-state index is 0.114. The molecular weight excluding hydrogens is 330 g/mol. The molecule has 7 nitrogen and oxygen atoms in total. The number of ether oxygens (including phenoxy) is 1. The van der Waals surface area contributed by atoms with Crippen molar-refractivity contribution in [2.45, 2.75) is 45.3 Å². The van der Waals surface area contributed by atoms with Gasteiger partial charge in [0.1, 0.15) is 5.60 Å². The highest BCUT2D eigenvalue weighted by Gasteiger charge is 2.53. The lowest BCUT2D eigenvalue weighted by Gasteiger charge is -2.37. The molecule has 1 aliphatic carbocycles. The number of carbonyl (C=O) groups is 2. The Morgan fingerprint density at radius 2 is 1.96 bits per heavy atom. The Balaban J connectivity index is 1.61.